The molecule has 2 amide bonds. The Kier molecular flexibility index (Phi) is 4.84. The fraction of sp³-hybridized carbons (Fsp3) is 0.318. The number of hydrogen-bond donors (Lipinski definition) is 1. The first kappa shape index (κ1) is 18.2. The third-order valence-electron chi connectivity index (χ3n) is 5.51. The smallest absolute Gasteiger partial charge is 0.242 e. The van der Waals surface area contributed by atoms with Gasteiger partial charge in [0, 0.05) is 42.9 Å². The molecule has 1 aromatic carbocycles. The van der Waals surface area contributed by atoms with E-state index in [1.807, 2.05) is 36.4 Å². The molecule has 6 heteroatoms. The minimum Gasteiger partial charge on any atom is -0.394 e. The third-order valence-corrected chi connectivity index (χ3v) is 5.51. The van der Waals surface area contributed by atoms with Crippen LogP contribution in [-0.2, 0) is 9.59 Å². The first-order valence-corrected chi connectivity index (χ1v) is 9.28. The molecule has 3 atom stereocenters. The molecule has 0 radical (unpaired) electrons. The van der Waals surface area contributed by atoms with Crippen LogP contribution in [0.3, 0.4) is 0 Å². The SMILES string of the molecule is CC(=O)N1CC(=O)N2[C@H](CO)[C@@H](c3ccc(C#Cc4cccnc4)cc3)[C@H]2C1. The Morgan fingerprint density at radius 2 is 1.96 bits per heavy atom. The van der Waals surface area contributed by atoms with Gasteiger partial charge in [-0.1, -0.05) is 24.0 Å². The molecule has 2 fully saturated rings. The van der Waals surface area contributed by atoms with Crippen LogP contribution >= 0.6 is 0 Å². The molecule has 1 N–H and O–H groups in total. The Hall–Kier alpha value is -3.17. The topological polar surface area (TPSA) is 73.7 Å². The van der Waals surface area contributed by atoms with Crippen LogP contribution in [0.1, 0.15) is 29.5 Å². The summed E-state index contributed by atoms with van der Waals surface area (Å²) in [6.07, 6.45) is 3.43. The summed E-state index contributed by atoms with van der Waals surface area (Å²) >= 11 is 0. The summed E-state index contributed by atoms with van der Waals surface area (Å²) in [5.74, 6) is 6.01. The number of fused-ring (bicyclic) bond motifs is 1. The number of hydrogen-bond acceptors (Lipinski definition) is 4. The molecule has 2 saturated heterocycles. The number of pyridine rings is 1. The highest BCUT2D eigenvalue weighted by Crippen LogP contribution is 2.42. The number of aliphatic hydroxyl groups excluding tert-OH is 1. The number of piperazine rings is 1. The van der Waals surface area contributed by atoms with Crippen LogP contribution in [0.2, 0.25) is 0 Å². The van der Waals surface area contributed by atoms with Gasteiger partial charge in [0.2, 0.25) is 11.8 Å². The number of carbonyl (C=O) groups excluding carboxylic acids is 2. The number of amides is 2. The second-order valence-electron chi connectivity index (χ2n) is 7.16. The predicted molar refractivity (Wildman–Crippen MR) is 103 cm³/mol. The van der Waals surface area contributed by atoms with E-state index in [0.29, 0.717) is 6.54 Å². The van der Waals surface area contributed by atoms with Crippen LogP contribution in [0, 0.1) is 11.8 Å². The summed E-state index contributed by atoms with van der Waals surface area (Å²) in [5, 5.41) is 9.81. The fourth-order valence-corrected chi connectivity index (χ4v) is 4.11. The maximum Gasteiger partial charge on any atom is 0.242 e. The minimum atomic E-state index is -0.237. The average molecular weight is 375 g/mol. The zero-order chi connectivity index (χ0) is 19.7. The summed E-state index contributed by atoms with van der Waals surface area (Å²) in [4.78, 5) is 31.5. The standard InChI is InChI=1S/C22H21N3O3/c1-15(27)24-12-19-22(20(14-26)25(19)21(28)13-24)18-8-6-16(7-9-18)4-5-17-3-2-10-23-11-17/h2-3,6-11,19-20,22,26H,12-14H2,1H3/t19-,20-,22+/m1/s1. The Morgan fingerprint density at radius 1 is 1.21 bits per heavy atom. The fourth-order valence-electron chi connectivity index (χ4n) is 4.11. The van der Waals surface area contributed by atoms with E-state index in [1.165, 1.54) is 6.92 Å². The first-order valence-electron chi connectivity index (χ1n) is 9.28. The maximum absolute atomic E-state index is 12.4. The van der Waals surface area contributed by atoms with Crippen molar-refractivity contribution in [2.75, 3.05) is 19.7 Å². The van der Waals surface area contributed by atoms with Gasteiger partial charge in [0.15, 0.2) is 0 Å². The number of aromatic nitrogens is 1. The van der Waals surface area contributed by atoms with Crippen molar-refractivity contribution in [3.05, 3.63) is 65.5 Å². The molecule has 2 aliphatic heterocycles. The molecule has 0 aliphatic carbocycles. The zero-order valence-electron chi connectivity index (χ0n) is 15.6. The van der Waals surface area contributed by atoms with E-state index in [-0.39, 0.29) is 43.0 Å². The van der Waals surface area contributed by atoms with Crippen molar-refractivity contribution < 1.29 is 14.7 Å². The van der Waals surface area contributed by atoms with E-state index in [4.69, 9.17) is 0 Å². The first-order chi connectivity index (χ1) is 13.6. The molecule has 4 rings (SSSR count). The molecule has 0 bridgehead atoms. The maximum atomic E-state index is 12.4. The quantitative estimate of drug-likeness (QED) is 0.795. The largest absolute Gasteiger partial charge is 0.394 e. The minimum absolute atomic E-state index is 0.0106. The molecule has 1 aromatic heterocycles. The summed E-state index contributed by atoms with van der Waals surface area (Å²) in [6.45, 7) is 1.99. The van der Waals surface area contributed by atoms with Gasteiger partial charge in [-0.15, -0.1) is 0 Å². The van der Waals surface area contributed by atoms with E-state index in [2.05, 4.69) is 16.8 Å². The average Bonchev–Trinajstić information content (AvgIpc) is 2.69. The van der Waals surface area contributed by atoms with Gasteiger partial charge in [-0.3, -0.25) is 14.6 Å². The van der Waals surface area contributed by atoms with Crippen LogP contribution in [0.25, 0.3) is 0 Å². The van der Waals surface area contributed by atoms with E-state index >= 15 is 0 Å². The van der Waals surface area contributed by atoms with Crippen molar-refractivity contribution in [2.24, 2.45) is 0 Å². The monoisotopic (exact) mass is 375 g/mol. The molecule has 0 saturated carbocycles. The molecule has 2 aliphatic rings. The summed E-state index contributed by atoms with van der Waals surface area (Å²) in [6, 6.07) is 11.3. The van der Waals surface area contributed by atoms with Crippen LogP contribution in [0.4, 0.5) is 0 Å². The lowest BCUT2D eigenvalue weighted by molar-refractivity contribution is -0.166. The number of aliphatic hydroxyl groups is 1. The van der Waals surface area contributed by atoms with Gasteiger partial charge in [0.1, 0.15) is 0 Å². The summed E-state index contributed by atoms with van der Waals surface area (Å²) < 4.78 is 0. The lowest BCUT2D eigenvalue weighted by atomic mass is 9.73. The van der Waals surface area contributed by atoms with E-state index in [1.54, 1.807) is 22.2 Å². The molecule has 0 spiro atoms. The normalized spacial score (nSPS) is 23.4. The van der Waals surface area contributed by atoms with Gasteiger partial charge in [-0.25, -0.2) is 0 Å². The van der Waals surface area contributed by atoms with E-state index in [0.717, 1.165) is 16.7 Å². The number of benzene rings is 1. The van der Waals surface area contributed by atoms with Crippen molar-refractivity contribution in [3.8, 4) is 11.8 Å². The zero-order valence-corrected chi connectivity index (χ0v) is 15.6. The highest BCUT2D eigenvalue weighted by atomic mass is 16.3. The lowest BCUT2D eigenvalue weighted by Gasteiger charge is -2.58. The van der Waals surface area contributed by atoms with Crippen LogP contribution < -0.4 is 0 Å². The Labute approximate surface area is 163 Å². The second kappa shape index (κ2) is 7.45. The van der Waals surface area contributed by atoms with Gasteiger partial charge in [0.05, 0.1) is 25.2 Å². The second-order valence-corrected chi connectivity index (χ2v) is 7.16. The highest BCUT2D eigenvalue weighted by molar-refractivity contribution is 5.87. The Morgan fingerprint density at radius 3 is 2.61 bits per heavy atom. The predicted octanol–water partition coefficient (Wildman–Crippen LogP) is 0.999. The Balaban J connectivity index is 1.54. The molecular formula is C22H21N3O3. The molecular weight excluding hydrogens is 354 g/mol. The molecule has 0 unspecified atom stereocenters. The summed E-state index contributed by atoms with van der Waals surface area (Å²) in [7, 11) is 0. The number of carbonyl (C=O) groups is 2. The van der Waals surface area contributed by atoms with Crippen LogP contribution in [0.5, 0.6) is 0 Å². The van der Waals surface area contributed by atoms with Gasteiger partial charge >= 0.3 is 0 Å². The van der Waals surface area contributed by atoms with Crippen LogP contribution in [0.15, 0.2) is 48.8 Å². The number of rotatable bonds is 2. The Bertz CT molecular complexity index is 946. The lowest BCUT2D eigenvalue weighted by Crippen LogP contribution is -2.73. The van der Waals surface area contributed by atoms with E-state index in [9.17, 15) is 14.7 Å². The van der Waals surface area contributed by atoms with Crippen molar-refractivity contribution in [1.29, 1.82) is 0 Å². The highest BCUT2D eigenvalue weighted by Gasteiger charge is 2.54. The summed E-state index contributed by atoms with van der Waals surface area (Å²) in [5.41, 5.74) is 2.78. The van der Waals surface area contributed by atoms with Gasteiger partial charge in [-0.05, 0) is 29.8 Å². The molecule has 142 valence electrons. The van der Waals surface area contributed by atoms with Crippen molar-refractivity contribution in [3.63, 3.8) is 0 Å². The molecule has 3 heterocycles. The van der Waals surface area contributed by atoms with Crippen LogP contribution in [-0.4, -0.2) is 63.5 Å². The van der Waals surface area contributed by atoms with Crippen molar-refractivity contribution in [1.82, 2.24) is 14.8 Å². The molecule has 2 aromatic rings. The van der Waals surface area contributed by atoms with Crippen molar-refractivity contribution in [2.45, 2.75) is 24.9 Å². The van der Waals surface area contributed by atoms with E-state index < -0.39 is 0 Å². The number of nitrogens with zero attached hydrogens (tertiary/aromatic N) is 3. The molecule has 28 heavy (non-hydrogen) atoms. The van der Waals surface area contributed by atoms with Gasteiger partial charge < -0.3 is 14.9 Å². The van der Waals surface area contributed by atoms with Crippen molar-refractivity contribution >= 4 is 11.8 Å². The van der Waals surface area contributed by atoms with Gasteiger partial charge in [0.25, 0.3) is 0 Å². The van der Waals surface area contributed by atoms with Gasteiger partial charge in [-0.2, -0.15) is 0 Å². The molecule has 6 nitrogen and oxygen atoms in total. The third kappa shape index (κ3) is 3.25.